The van der Waals surface area contributed by atoms with Crippen LogP contribution in [0.15, 0.2) is 42.5 Å². The molecule has 2 N–H and O–H groups in total. The molecule has 3 nitrogen and oxygen atoms in total. The quantitative estimate of drug-likeness (QED) is 0.921. The van der Waals surface area contributed by atoms with Crippen molar-refractivity contribution >= 4 is 0 Å². The number of nitriles is 1. The van der Waals surface area contributed by atoms with Crippen molar-refractivity contribution in [2.45, 2.75) is 26.5 Å². The van der Waals surface area contributed by atoms with Crippen LogP contribution < -0.4 is 10.5 Å². The lowest BCUT2D eigenvalue weighted by Crippen LogP contribution is -2.05. The normalized spacial score (nSPS) is 11.7. The van der Waals surface area contributed by atoms with E-state index in [9.17, 15) is 0 Å². The lowest BCUT2D eigenvalue weighted by atomic mass is 10.1. The van der Waals surface area contributed by atoms with Crippen LogP contribution in [0.25, 0.3) is 0 Å². The predicted molar refractivity (Wildman–Crippen MR) is 79.3 cm³/mol. The molecule has 0 aliphatic carbocycles. The lowest BCUT2D eigenvalue weighted by molar-refractivity contribution is 0.304. The maximum atomic E-state index is 8.75. The van der Waals surface area contributed by atoms with E-state index in [1.165, 1.54) is 0 Å². The third kappa shape index (κ3) is 3.37. The minimum atomic E-state index is 0.0290. The summed E-state index contributed by atoms with van der Waals surface area (Å²) in [4.78, 5) is 0. The summed E-state index contributed by atoms with van der Waals surface area (Å²) in [6, 6.07) is 15.5. The summed E-state index contributed by atoms with van der Waals surface area (Å²) in [5.74, 6) is 0.860. The molecule has 0 saturated carbocycles. The first-order valence-corrected chi connectivity index (χ1v) is 6.58. The van der Waals surface area contributed by atoms with Gasteiger partial charge in [-0.3, -0.25) is 0 Å². The van der Waals surface area contributed by atoms with Gasteiger partial charge in [-0.15, -0.1) is 0 Å². The van der Waals surface area contributed by atoms with Gasteiger partial charge in [0.1, 0.15) is 12.4 Å². The van der Waals surface area contributed by atoms with E-state index in [1.807, 2.05) is 38.1 Å². The summed E-state index contributed by atoms with van der Waals surface area (Å²) in [6.45, 7) is 4.47. The number of nitrogens with two attached hydrogens (primary N) is 1. The molecule has 0 aliphatic heterocycles. The zero-order valence-electron chi connectivity index (χ0n) is 11.8. The molecule has 102 valence electrons. The summed E-state index contributed by atoms with van der Waals surface area (Å²) in [6.07, 6.45) is 0. The van der Waals surface area contributed by atoms with Gasteiger partial charge in [-0.2, -0.15) is 5.26 Å². The molecule has 1 unspecified atom stereocenters. The first-order chi connectivity index (χ1) is 9.60. The molecule has 2 aromatic carbocycles. The van der Waals surface area contributed by atoms with Gasteiger partial charge in [-0.1, -0.05) is 24.3 Å². The standard InChI is InChI=1S/C17H18N2O/c1-12-9-16(13(2)19)7-8-17(12)20-11-15-5-3-14(10-18)4-6-15/h3-9,13H,11,19H2,1-2H3. The Hall–Kier alpha value is -2.31. The second-order valence-electron chi connectivity index (χ2n) is 4.91. The minimum Gasteiger partial charge on any atom is -0.489 e. The van der Waals surface area contributed by atoms with Gasteiger partial charge >= 0.3 is 0 Å². The van der Waals surface area contributed by atoms with Crippen molar-refractivity contribution < 1.29 is 4.74 Å². The van der Waals surface area contributed by atoms with E-state index in [1.54, 1.807) is 12.1 Å². The average molecular weight is 266 g/mol. The predicted octanol–water partition coefficient (Wildman–Crippen LogP) is 3.47. The fourth-order valence-corrected chi connectivity index (χ4v) is 1.95. The Morgan fingerprint density at radius 2 is 1.90 bits per heavy atom. The van der Waals surface area contributed by atoms with Crippen LogP contribution in [0.4, 0.5) is 0 Å². The molecule has 0 bridgehead atoms. The Balaban J connectivity index is 2.05. The van der Waals surface area contributed by atoms with E-state index in [0.29, 0.717) is 12.2 Å². The van der Waals surface area contributed by atoms with Gasteiger partial charge in [0.05, 0.1) is 11.6 Å². The molecule has 0 amide bonds. The zero-order valence-corrected chi connectivity index (χ0v) is 11.8. The summed E-state index contributed by atoms with van der Waals surface area (Å²) >= 11 is 0. The Morgan fingerprint density at radius 1 is 1.20 bits per heavy atom. The monoisotopic (exact) mass is 266 g/mol. The van der Waals surface area contributed by atoms with Crippen molar-refractivity contribution in [1.29, 1.82) is 5.26 Å². The highest BCUT2D eigenvalue weighted by atomic mass is 16.5. The fourth-order valence-electron chi connectivity index (χ4n) is 1.95. The van der Waals surface area contributed by atoms with Crippen LogP contribution >= 0.6 is 0 Å². The highest BCUT2D eigenvalue weighted by Crippen LogP contribution is 2.22. The molecule has 0 spiro atoms. The number of hydrogen-bond acceptors (Lipinski definition) is 3. The SMILES string of the molecule is Cc1cc(C(C)N)ccc1OCc1ccc(C#N)cc1. The molecule has 0 radical (unpaired) electrons. The number of benzene rings is 2. The van der Waals surface area contributed by atoms with Gasteiger partial charge in [-0.05, 0) is 48.7 Å². The van der Waals surface area contributed by atoms with Gasteiger partial charge in [0, 0.05) is 6.04 Å². The van der Waals surface area contributed by atoms with Crippen LogP contribution in [-0.4, -0.2) is 0 Å². The molecule has 3 heteroatoms. The van der Waals surface area contributed by atoms with Crippen molar-refractivity contribution in [2.75, 3.05) is 0 Å². The Morgan fingerprint density at radius 3 is 2.45 bits per heavy atom. The van der Waals surface area contributed by atoms with Crippen LogP contribution in [0.5, 0.6) is 5.75 Å². The Bertz CT molecular complexity index is 624. The third-order valence-electron chi connectivity index (χ3n) is 3.20. The number of nitrogens with zero attached hydrogens (tertiary/aromatic N) is 1. The summed E-state index contributed by atoms with van der Waals surface area (Å²) in [7, 11) is 0. The zero-order chi connectivity index (χ0) is 14.5. The average Bonchev–Trinajstić information content (AvgIpc) is 2.46. The van der Waals surface area contributed by atoms with Crippen LogP contribution in [0.1, 0.15) is 35.2 Å². The lowest BCUT2D eigenvalue weighted by Gasteiger charge is -2.12. The number of aryl methyl sites for hydroxylation is 1. The van der Waals surface area contributed by atoms with Crippen LogP contribution in [-0.2, 0) is 6.61 Å². The van der Waals surface area contributed by atoms with Crippen molar-refractivity contribution in [3.63, 3.8) is 0 Å². The van der Waals surface area contributed by atoms with E-state index in [0.717, 1.165) is 22.4 Å². The largest absolute Gasteiger partial charge is 0.489 e. The fraction of sp³-hybridized carbons (Fsp3) is 0.235. The summed E-state index contributed by atoms with van der Waals surface area (Å²) in [5.41, 5.74) is 9.74. The molecular weight excluding hydrogens is 248 g/mol. The van der Waals surface area contributed by atoms with E-state index < -0.39 is 0 Å². The second kappa shape index (κ2) is 6.23. The molecule has 0 aliphatic rings. The highest BCUT2D eigenvalue weighted by molar-refractivity contribution is 5.37. The smallest absolute Gasteiger partial charge is 0.122 e. The van der Waals surface area contributed by atoms with E-state index in [4.69, 9.17) is 15.7 Å². The van der Waals surface area contributed by atoms with E-state index >= 15 is 0 Å². The molecule has 0 heterocycles. The molecule has 2 aromatic rings. The number of hydrogen-bond donors (Lipinski definition) is 1. The van der Waals surface area contributed by atoms with Gasteiger partial charge in [0.2, 0.25) is 0 Å². The van der Waals surface area contributed by atoms with Crippen molar-refractivity contribution in [3.8, 4) is 11.8 Å². The van der Waals surface area contributed by atoms with Gasteiger partial charge < -0.3 is 10.5 Å². The number of rotatable bonds is 4. The molecular formula is C17H18N2O. The Kier molecular flexibility index (Phi) is 4.39. The maximum Gasteiger partial charge on any atom is 0.122 e. The molecule has 0 fully saturated rings. The van der Waals surface area contributed by atoms with Gasteiger partial charge in [0.25, 0.3) is 0 Å². The molecule has 1 atom stereocenters. The van der Waals surface area contributed by atoms with Gasteiger partial charge in [-0.25, -0.2) is 0 Å². The van der Waals surface area contributed by atoms with Crippen LogP contribution in [0, 0.1) is 18.3 Å². The van der Waals surface area contributed by atoms with E-state index in [2.05, 4.69) is 12.1 Å². The summed E-state index contributed by atoms with van der Waals surface area (Å²) in [5, 5.41) is 8.75. The first kappa shape index (κ1) is 14.1. The summed E-state index contributed by atoms with van der Waals surface area (Å²) < 4.78 is 5.81. The molecule has 0 saturated heterocycles. The third-order valence-corrected chi connectivity index (χ3v) is 3.20. The second-order valence-corrected chi connectivity index (χ2v) is 4.91. The van der Waals surface area contributed by atoms with Crippen molar-refractivity contribution in [3.05, 3.63) is 64.7 Å². The van der Waals surface area contributed by atoms with Crippen LogP contribution in [0.2, 0.25) is 0 Å². The van der Waals surface area contributed by atoms with Crippen molar-refractivity contribution in [2.24, 2.45) is 5.73 Å². The van der Waals surface area contributed by atoms with E-state index in [-0.39, 0.29) is 6.04 Å². The Labute approximate surface area is 119 Å². The number of ether oxygens (including phenoxy) is 1. The van der Waals surface area contributed by atoms with Gasteiger partial charge in [0.15, 0.2) is 0 Å². The minimum absolute atomic E-state index is 0.0290. The van der Waals surface area contributed by atoms with Crippen LogP contribution in [0.3, 0.4) is 0 Å². The first-order valence-electron chi connectivity index (χ1n) is 6.58. The molecule has 20 heavy (non-hydrogen) atoms. The van der Waals surface area contributed by atoms with Crippen molar-refractivity contribution in [1.82, 2.24) is 0 Å². The topological polar surface area (TPSA) is 59.0 Å². The highest BCUT2D eigenvalue weighted by Gasteiger charge is 2.04. The molecule has 2 rings (SSSR count). The maximum absolute atomic E-state index is 8.75. The molecule has 0 aromatic heterocycles.